The molecule has 0 aliphatic heterocycles. The van der Waals surface area contributed by atoms with Crippen LogP contribution in [-0.4, -0.2) is 6.54 Å². The van der Waals surface area contributed by atoms with Crippen molar-refractivity contribution in [1.82, 2.24) is 5.32 Å². The summed E-state index contributed by atoms with van der Waals surface area (Å²) in [6, 6.07) is 8.78. The molecule has 0 aliphatic rings. The molecule has 0 bridgehead atoms. The molecule has 0 amide bonds. The Bertz CT molecular complexity index is 562. The Hall–Kier alpha value is -1.45. The Kier molecular flexibility index (Phi) is 4.73. The van der Waals surface area contributed by atoms with Crippen LogP contribution in [0.25, 0.3) is 0 Å². The average Bonchev–Trinajstić information content (AvgIpc) is 2.37. The molecule has 0 saturated carbocycles. The van der Waals surface area contributed by atoms with Gasteiger partial charge in [-0.3, -0.25) is 0 Å². The van der Waals surface area contributed by atoms with Crippen LogP contribution in [0.2, 0.25) is 5.02 Å². The van der Waals surface area contributed by atoms with E-state index < -0.39 is 0 Å². The molecule has 0 aromatic heterocycles. The van der Waals surface area contributed by atoms with Crippen LogP contribution in [0.5, 0.6) is 0 Å². The molecule has 2 rings (SSSR count). The SMILES string of the molecule is CCNC(c1ccc(F)cc1C)c1ccc(F)cc1Cl. The predicted octanol–water partition coefficient (Wildman–Crippen LogP) is 4.63. The highest BCUT2D eigenvalue weighted by atomic mass is 35.5. The van der Waals surface area contributed by atoms with Gasteiger partial charge in [0, 0.05) is 5.02 Å². The number of hydrogen-bond donors (Lipinski definition) is 1. The predicted molar refractivity (Wildman–Crippen MR) is 78.1 cm³/mol. The van der Waals surface area contributed by atoms with Crippen LogP contribution < -0.4 is 5.32 Å². The molecule has 0 radical (unpaired) electrons. The molecule has 4 heteroatoms. The van der Waals surface area contributed by atoms with Gasteiger partial charge in [0.2, 0.25) is 0 Å². The van der Waals surface area contributed by atoms with E-state index >= 15 is 0 Å². The van der Waals surface area contributed by atoms with E-state index in [1.54, 1.807) is 12.1 Å². The number of hydrogen-bond acceptors (Lipinski definition) is 1. The summed E-state index contributed by atoms with van der Waals surface area (Å²) in [5.41, 5.74) is 2.54. The third kappa shape index (κ3) is 3.17. The van der Waals surface area contributed by atoms with Gasteiger partial charge in [0.1, 0.15) is 11.6 Å². The van der Waals surface area contributed by atoms with Crippen LogP contribution in [0.4, 0.5) is 8.78 Å². The Balaban J connectivity index is 2.50. The summed E-state index contributed by atoms with van der Waals surface area (Å²) in [5, 5.41) is 3.67. The van der Waals surface area contributed by atoms with Crippen LogP contribution >= 0.6 is 11.6 Å². The molecule has 106 valence electrons. The Morgan fingerprint density at radius 3 is 2.20 bits per heavy atom. The molecule has 0 spiro atoms. The Morgan fingerprint density at radius 2 is 1.65 bits per heavy atom. The fourth-order valence-electron chi connectivity index (χ4n) is 2.29. The first-order valence-corrected chi connectivity index (χ1v) is 6.85. The lowest BCUT2D eigenvalue weighted by molar-refractivity contribution is 0.605. The third-order valence-corrected chi connectivity index (χ3v) is 3.55. The molecular weight excluding hydrogens is 280 g/mol. The van der Waals surface area contributed by atoms with Crippen LogP contribution in [0.3, 0.4) is 0 Å². The summed E-state index contributed by atoms with van der Waals surface area (Å²) >= 11 is 6.14. The first-order valence-electron chi connectivity index (χ1n) is 6.47. The van der Waals surface area contributed by atoms with Crippen molar-refractivity contribution < 1.29 is 8.78 Å². The van der Waals surface area contributed by atoms with Gasteiger partial charge in [0.25, 0.3) is 0 Å². The Morgan fingerprint density at radius 1 is 1.05 bits per heavy atom. The number of aryl methyl sites for hydroxylation is 1. The second kappa shape index (κ2) is 6.33. The molecule has 0 saturated heterocycles. The number of halogens is 3. The maximum atomic E-state index is 13.2. The summed E-state index contributed by atoms with van der Waals surface area (Å²) in [5.74, 6) is -0.642. The first kappa shape index (κ1) is 14.9. The molecule has 1 unspecified atom stereocenters. The molecule has 20 heavy (non-hydrogen) atoms. The highest BCUT2D eigenvalue weighted by Crippen LogP contribution is 2.30. The lowest BCUT2D eigenvalue weighted by Gasteiger charge is -2.22. The van der Waals surface area contributed by atoms with Crippen LogP contribution in [-0.2, 0) is 0 Å². The normalized spacial score (nSPS) is 12.4. The zero-order valence-corrected chi connectivity index (χ0v) is 12.1. The van der Waals surface area contributed by atoms with E-state index in [-0.39, 0.29) is 17.7 Å². The van der Waals surface area contributed by atoms with Gasteiger partial charge in [-0.2, -0.15) is 0 Å². The Labute approximate surface area is 122 Å². The number of rotatable bonds is 4. The van der Waals surface area contributed by atoms with E-state index in [1.807, 2.05) is 13.8 Å². The van der Waals surface area contributed by atoms with Crippen LogP contribution in [0.1, 0.15) is 29.7 Å². The minimum Gasteiger partial charge on any atom is -0.306 e. The van der Waals surface area contributed by atoms with Crippen molar-refractivity contribution in [1.29, 1.82) is 0 Å². The summed E-state index contributed by atoms with van der Waals surface area (Å²) in [6.45, 7) is 4.54. The van der Waals surface area contributed by atoms with E-state index in [9.17, 15) is 8.78 Å². The molecule has 0 fully saturated rings. The zero-order valence-electron chi connectivity index (χ0n) is 11.4. The van der Waals surface area contributed by atoms with Gasteiger partial charge in [0.05, 0.1) is 6.04 Å². The lowest BCUT2D eigenvalue weighted by Crippen LogP contribution is -2.23. The molecule has 2 aromatic rings. The van der Waals surface area contributed by atoms with E-state index in [0.717, 1.165) is 23.2 Å². The van der Waals surface area contributed by atoms with Crippen LogP contribution in [0.15, 0.2) is 36.4 Å². The van der Waals surface area contributed by atoms with Gasteiger partial charge in [-0.15, -0.1) is 0 Å². The maximum absolute atomic E-state index is 13.2. The summed E-state index contributed by atoms with van der Waals surface area (Å²) in [4.78, 5) is 0. The van der Waals surface area contributed by atoms with Crippen molar-refractivity contribution >= 4 is 11.6 Å². The monoisotopic (exact) mass is 295 g/mol. The number of benzene rings is 2. The fraction of sp³-hybridized carbons (Fsp3) is 0.250. The first-order chi connectivity index (χ1) is 9.52. The van der Waals surface area contributed by atoms with E-state index in [1.165, 1.54) is 24.3 Å². The number of nitrogens with one attached hydrogen (secondary N) is 1. The van der Waals surface area contributed by atoms with Gasteiger partial charge >= 0.3 is 0 Å². The molecule has 0 heterocycles. The largest absolute Gasteiger partial charge is 0.306 e. The van der Waals surface area contributed by atoms with Crippen molar-refractivity contribution in [2.45, 2.75) is 19.9 Å². The van der Waals surface area contributed by atoms with Gasteiger partial charge in [-0.1, -0.05) is 30.7 Å². The van der Waals surface area contributed by atoms with E-state index in [2.05, 4.69) is 5.32 Å². The second-order valence-corrected chi connectivity index (χ2v) is 5.06. The fourth-order valence-corrected chi connectivity index (χ4v) is 2.57. The average molecular weight is 296 g/mol. The van der Waals surface area contributed by atoms with Crippen molar-refractivity contribution in [3.63, 3.8) is 0 Å². The van der Waals surface area contributed by atoms with Crippen molar-refractivity contribution in [2.24, 2.45) is 0 Å². The van der Waals surface area contributed by atoms with Crippen LogP contribution in [0, 0.1) is 18.6 Å². The third-order valence-electron chi connectivity index (χ3n) is 3.22. The van der Waals surface area contributed by atoms with Gasteiger partial charge in [0.15, 0.2) is 0 Å². The minimum absolute atomic E-state index is 0.186. The lowest BCUT2D eigenvalue weighted by atomic mass is 9.94. The van der Waals surface area contributed by atoms with Crippen molar-refractivity contribution in [2.75, 3.05) is 6.54 Å². The minimum atomic E-state index is -0.371. The van der Waals surface area contributed by atoms with Gasteiger partial charge in [-0.25, -0.2) is 8.78 Å². The van der Waals surface area contributed by atoms with E-state index in [0.29, 0.717) is 5.02 Å². The molecule has 0 aliphatic carbocycles. The van der Waals surface area contributed by atoms with Crippen molar-refractivity contribution in [3.8, 4) is 0 Å². The topological polar surface area (TPSA) is 12.0 Å². The quantitative estimate of drug-likeness (QED) is 0.867. The summed E-state index contributed by atoms with van der Waals surface area (Å²) < 4.78 is 26.4. The standard InChI is InChI=1S/C16H16ClF2N/c1-3-20-16(13-6-4-11(18)8-10(13)2)14-7-5-12(19)9-15(14)17/h4-9,16,20H,3H2,1-2H3. The van der Waals surface area contributed by atoms with Gasteiger partial charge in [-0.05, 0) is 54.4 Å². The second-order valence-electron chi connectivity index (χ2n) is 4.66. The maximum Gasteiger partial charge on any atom is 0.124 e. The molecule has 1 atom stereocenters. The molecule has 2 aromatic carbocycles. The molecular formula is C16H16ClF2N. The smallest absolute Gasteiger partial charge is 0.124 e. The van der Waals surface area contributed by atoms with E-state index in [4.69, 9.17) is 11.6 Å². The molecule has 1 N–H and O–H groups in total. The highest BCUT2D eigenvalue weighted by Gasteiger charge is 2.18. The zero-order chi connectivity index (χ0) is 14.7. The highest BCUT2D eigenvalue weighted by molar-refractivity contribution is 6.31. The van der Waals surface area contributed by atoms with Gasteiger partial charge < -0.3 is 5.32 Å². The summed E-state index contributed by atoms with van der Waals surface area (Å²) in [6.07, 6.45) is 0. The van der Waals surface area contributed by atoms with Crippen molar-refractivity contribution in [3.05, 3.63) is 69.7 Å². The molecule has 1 nitrogen and oxygen atoms in total. The summed E-state index contributed by atoms with van der Waals surface area (Å²) in [7, 11) is 0.